The molecule has 1 N–H and O–H groups in total. The van der Waals surface area contributed by atoms with Crippen molar-refractivity contribution < 1.29 is 4.74 Å². The van der Waals surface area contributed by atoms with E-state index in [9.17, 15) is 0 Å². The number of nitrogens with one attached hydrogen (secondary N) is 1. The highest BCUT2D eigenvalue weighted by Crippen LogP contribution is 2.32. The number of hydrogen-bond donors (Lipinski definition) is 1. The molecular weight excluding hydrogens is 252 g/mol. The van der Waals surface area contributed by atoms with Crippen LogP contribution in [0.3, 0.4) is 0 Å². The number of nitrogens with zero attached hydrogens (tertiary/aromatic N) is 3. The lowest BCUT2D eigenvalue weighted by atomic mass is 10.2. The zero-order valence-corrected chi connectivity index (χ0v) is 12.2. The molecule has 3 rings (SSSR count). The summed E-state index contributed by atoms with van der Waals surface area (Å²) in [7, 11) is 0. The topological polar surface area (TPSA) is 50.3 Å². The van der Waals surface area contributed by atoms with Gasteiger partial charge in [-0.15, -0.1) is 0 Å². The Balaban J connectivity index is 1.69. The van der Waals surface area contributed by atoms with Crippen LogP contribution in [0.1, 0.15) is 39.0 Å². The summed E-state index contributed by atoms with van der Waals surface area (Å²) in [6.07, 6.45) is 7.74. The van der Waals surface area contributed by atoms with Crippen molar-refractivity contribution >= 4 is 5.82 Å². The summed E-state index contributed by atoms with van der Waals surface area (Å²) < 4.78 is 5.62. The number of anilines is 1. The third-order valence-electron chi connectivity index (χ3n) is 3.94. The summed E-state index contributed by atoms with van der Waals surface area (Å²) in [4.78, 5) is 11.1. The molecule has 1 saturated carbocycles. The van der Waals surface area contributed by atoms with Crippen LogP contribution in [-0.4, -0.2) is 41.7 Å². The second-order valence-corrected chi connectivity index (χ2v) is 5.74. The molecule has 0 amide bonds. The predicted molar refractivity (Wildman–Crippen MR) is 79.2 cm³/mol. The summed E-state index contributed by atoms with van der Waals surface area (Å²) in [5.41, 5.74) is 0. The Hall–Kier alpha value is -1.36. The third kappa shape index (κ3) is 3.39. The summed E-state index contributed by atoms with van der Waals surface area (Å²) in [5, 5.41) is 3.57. The molecule has 0 spiro atoms. The Morgan fingerprint density at radius 1 is 1.35 bits per heavy atom. The molecule has 5 heteroatoms. The first kappa shape index (κ1) is 13.6. The molecule has 1 atom stereocenters. The van der Waals surface area contributed by atoms with Gasteiger partial charge in [-0.25, -0.2) is 9.97 Å². The van der Waals surface area contributed by atoms with Crippen molar-refractivity contribution in [3.8, 4) is 5.88 Å². The smallest absolute Gasteiger partial charge is 0.218 e. The van der Waals surface area contributed by atoms with Crippen LogP contribution < -0.4 is 15.0 Å². The molecule has 1 aliphatic carbocycles. The molecule has 20 heavy (non-hydrogen) atoms. The first-order chi connectivity index (χ1) is 9.86. The van der Waals surface area contributed by atoms with E-state index in [4.69, 9.17) is 4.74 Å². The van der Waals surface area contributed by atoms with Gasteiger partial charge in [-0.1, -0.05) is 6.92 Å². The average molecular weight is 276 g/mol. The Labute approximate surface area is 120 Å². The quantitative estimate of drug-likeness (QED) is 0.825. The average Bonchev–Trinajstić information content (AvgIpc) is 3.19. The number of aromatic nitrogens is 2. The molecule has 1 aromatic rings. The van der Waals surface area contributed by atoms with E-state index in [1.54, 1.807) is 6.33 Å². The molecule has 1 unspecified atom stereocenters. The highest BCUT2D eigenvalue weighted by molar-refractivity contribution is 5.43. The number of hydrogen-bond acceptors (Lipinski definition) is 5. The van der Waals surface area contributed by atoms with Gasteiger partial charge in [0.15, 0.2) is 0 Å². The van der Waals surface area contributed by atoms with E-state index >= 15 is 0 Å². The lowest BCUT2D eigenvalue weighted by Gasteiger charge is -2.26. The van der Waals surface area contributed by atoms with Gasteiger partial charge in [0.05, 0.1) is 6.61 Å². The zero-order chi connectivity index (χ0) is 13.8. The van der Waals surface area contributed by atoms with E-state index in [-0.39, 0.29) is 0 Å². The third-order valence-corrected chi connectivity index (χ3v) is 3.94. The molecule has 2 fully saturated rings. The van der Waals surface area contributed by atoms with Gasteiger partial charge in [0.25, 0.3) is 0 Å². The summed E-state index contributed by atoms with van der Waals surface area (Å²) in [5.74, 6) is 1.71. The monoisotopic (exact) mass is 276 g/mol. The van der Waals surface area contributed by atoms with Gasteiger partial charge in [0, 0.05) is 24.7 Å². The van der Waals surface area contributed by atoms with Crippen LogP contribution in [0.4, 0.5) is 5.82 Å². The molecule has 1 aliphatic heterocycles. The van der Waals surface area contributed by atoms with E-state index in [2.05, 4.69) is 27.1 Å². The molecule has 2 heterocycles. The van der Waals surface area contributed by atoms with Gasteiger partial charge in [0.2, 0.25) is 5.88 Å². The summed E-state index contributed by atoms with van der Waals surface area (Å²) >= 11 is 0. The van der Waals surface area contributed by atoms with Crippen molar-refractivity contribution in [1.29, 1.82) is 0 Å². The van der Waals surface area contributed by atoms with Crippen LogP contribution >= 0.6 is 0 Å². The van der Waals surface area contributed by atoms with Crippen molar-refractivity contribution in [2.75, 3.05) is 24.6 Å². The predicted octanol–water partition coefficient (Wildman–Crippen LogP) is 1.99. The first-order valence-corrected chi connectivity index (χ1v) is 7.81. The van der Waals surface area contributed by atoms with Gasteiger partial charge in [-0.05, 0) is 38.6 Å². The lowest BCUT2D eigenvalue weighted by molar-refractivity contribution is 0.304. The van der Waals surface area contributed by atoms with Crippen molar-refractivity contribution in [3.05, 3.63) is 12.4 Å². The number of ether oxygens (including phenoxy) is 1. The van der Waals surface area contributed by atoms with E-state index in [1.807, 2.05) is 6.07 Å². The molecule has 5 nitrogen and oxygen atoms in total. The Kier molecular flexibility index (Phi) is 4.35. The van der Waals surface area contributed by atoms with Crippen LogP contribution in [0.25, 0.3) is 0 Å². The van der Waals surface area contributed by atoms with E-state index in [0.29, 0.717) is 24.6 Å². The maximum atomic E-state index is 5.62. The fourth-order valence-corrected chi connectivity index (χ4v) is 2.74. The highest BCUT2D eigenvalue weighted by atomic mass is 16.5. The number of rotatable bonds is 7. The minimum Gasteiger partial charge on any atom is -0.478 e. The molecular formula is C15H24N4O. The van der Waals surface area contributed by atoms with Crippen molar-refractivity contribution in [2.45, 2.75) is 51.1 Å². The maximum Gasteiger partial charge on any atom is 0.218 e. The van der Waals surface area contributed by atoms with Gasteiger partial charge < -0.3 is 15.0 Å². The fourth-order valence-electron chi connectivity index (χ4n) is 2.74. The fraction of sp³-hybridized carbons (Fsp3) is 0.733. The summed E-state index contributed by atoms with van der Waals surface area (Å²) in [6, 6.07) is 3.25. The first-order valence-electron chi connectivity index (χ1n) is 7.81. The Morgan fingerprint density at radius 3 is 2.95 bits per heavy atom. The SMILES string of the molecule is CCCOc1cc(N(CC2CCCN2)C2CC2)ncn1. The molecule has 0 radical (unpaired) electrons. The van der Waals surface area contributed by atoms with Crippen LogP contribution in [0, 0.1) is 0 Å². The molecule has 1 saturated heterocycles. The van der Waals surface area contributed by atoms with E-state index < -0.39 is 0 Å². The van der Waals surface area contributed by atoms with E-state index in [0.717, 1.165) is 25.3 Å². The minimum atomic E-state index is 0.602. The van der Waals surface area contributed by atoms with Crippen molar-refractivity contribution in [2.24, 2.45) is 0 Å². The minimum absolute atomic E-state index is 0.602. The molecule has 2 aliphatic rings. The van der Waals surface area contributed by atoms with E-state index in [1.165, 1.54) is 25.7 Å². The molecule has 0 aromatic carbocycles. The zero-order valence-electron chi connectivity index (χ0n) is 12.2. The standard InChI is InChI=1S/C15H24N4O/c1-2-8-20-15-9-14(17-11-18-15)19(13-5-6-13)10-12-4-3-7-16-12/h9,11-13,16H,2-8,10H2,1H3. The maximum absolute atomic E-state index is 5.62. The normalized spacial score (nSPS) is 21.9. The van der Waals surface area contributed by atoms with Gasteiger partial charge in [0.1, 0.15) is 12.1 Å². The Bertz CT molecular complexity index is 430. The van der Waals surface area contributed by atoms with Crippen LogP contribution in [0.2, 0.25) is 0 Å². The lowest BCUT2D eigenvalue weighted by Crippen LogP contribution is -2.39. The van der Waals surface area contributed by atoms with Gasteiger partial charge >= 0.3 is 0 Å². The Morgan fingerprint density at radius 2 is 2.25 bits per heavy atom. The molecule has 1 aromatic heterocycles. The molecule has 0 bridgehead atoms. The molecule has 110 valence electrons. The van der Waals surface area contributed by atoms with Crippen LogP contribution in [0.5, 0.6) is 5.88 Å². The van der Waals surface area contributed by atoms with Crippen molar-refractivity contribution in [1.82, 2.24) is 15.3 Å². The van der Waals surface area contributed by atoms with Crippen molar-refractivity contribution in [3.63, 3.8) is 0 Å². The van der Waals surface area contributed by atoms with Gasteiger partial charge in [-0.3, -0.25) is 0 Å². The second kappa shape index (κ2) is 6.39. The van der Waals surface area contributed by atoms with Gasteiger partial charge in [-0.2, -0.15) is 0 Å². The largest absolute Gasteiger partial charge is 0.478 e. The summed E-state index contributed by atoms with van der Waals surface area (Å²) in [6.45, 7) is 5.02. The van der Waals surface area contributed by atoms with Crippen LogP contribution in [0.15, 0.2) is 12.4 Å². The highest BCUT2D eigenvalue weighted by Gasteiger charge is 2.32. The second-order valence-electron chi connectivity index (χ2n) is 5.74. The van der Waals surface area contributed by atoms with Crippen LogP contribution in [-0.2, 0) is 0 Å².